The molecule has 9 heteroatoms. The number of imidazole rings is 1. The van der Waals surface area contributed by atoms with E-state index in [2.05, 4.69) is 26.5 Å². The summed E-state index contributed by atoms with van der Waals surface area (Å²) in [4.78, 5) is 9.06. The summed E-state index contributed by atoms with van der Waals surface area (Å²) in [6, 6.07) is 7.53. The molecule has 31 heavy (non-hydrogen) atoms. The smallest absolute Gasteiger partial charge is 0.208 e. The van der Waals surface area contributed by atoms with Crippen molar-refractivity contribution in [2.45, 2.75) is 31.8 Å². The fraction of sp³-hybridized carbons (Fsp3) is 0.273. The monoisotopic (exact) mass is 415 g/mol. The molecule has 0 atom stereocenters. The third-order valence-corrected chi connectivity index (χ3v) is 5.81. The van der Waals surface area contributed by atoms with Crippen molar-refractivity contribution in [2.75, 3.05) is 11.9 Å². The predicted molar refractivity (Wildman–Crippen MR) is 110 cm³/mol. The van der Waals surface area contributed by atoms with Crippen molar-refractivity contribution < 1.29 is 9.13 Å². The number of nitriles is 1. The van der Waals surface area contributed by atoms with Gasteiger partial charge in [0.1, 0.15) is 17.6 Å². The summed E-state index contributed by atoms with van der Waals surface area (Å²) in [5.41, 5.74) is 4.08. The number of halogens is 1. The van der Waals surface area contributed by atoms with E-state index in [-0.39, 0.29) is 18.1 Å². The second-order valence-electron chi connectivity index (χ2n) is 7.77. The van der Waals surface area contributed by atoms with Crippen molar-refractivity contribution in [2.24, 2.45) is 0 Å². The van der Waals surface area contributed by atoms with Crippen LogP contribution in [0.2, 0.25) is 0 Å². The summed E-state index contributed by atoms with van der Waals surface area (Å²) in [5.74, 6) is 0.942. The average Bonchev–Trinajstić information content (AvgIpc) is 3.19. The first-order valence-corrected chi connectivity index (χ1v) is 10.2. The number of benzene rings is 1. The van der Waals surface area contributed by atoms with E-state index < -0.39 is 0 Å². The van der Waals surface area contributed by atoms with Gasteiger partial charge in [0.25, 0.3) is 0 Å². The van der Waals surface area contributed by atoms with Gasteiger partial charge in [0.15, 0.2) is 11.3 Å². The zero-order valence-electron chi connectivity index (χ0n) is 16.5. The summed E-state index contributed by atoms with van der Waals surface area (Å²) in [6.45, 7) is 0.810. The molecule has 1 saturated carbocycles. The summed E-state index contributed by atoms with van der Waals surface area (Å²) in [5, 5.41) is 17.1. The van der Waals surface area contributed by atoms with Crippen molar-refractivity contribution in [3.8, 4) is 23.1 Å². The highest BCUT2D eigenvalue weighted by Crippen LogP contribution is 2.38. The molecule has 4 heterocycles. The third-order valence-electron chi connectivity index (χ3n) is 5.81. The second kappa shape index (κ2) is 6.80. The zero-order chi connectivity index (χ0) is 20.9. The summed E-state index contributed by atoms with van der Waals surface area (Å²) < 4.78 is 23.8. The van der Waals surface area contributed by atoms with Gasteiger partial charge in [-0.15, -0.1) is 0 Å². The van der Waals surface area contributed by atoms with Gasteiger partial charge < -0.3 is 10.1 Å². The Hall–Kier alpha value is -3.93. The van der Waals surface area contributed by atoms with Gasteiger partial charge in [-0.05, 0) is 31.0 Å². The molecule has 1 aliphatic carbocycles. The Balaban J connectivity index is 1.40. The van der Waals surface area contributed by atoms with Crippen molar-refractivity contribution in [3.63, 3.8) is 0 Å². The molecular weight excluding hydrogens is 397 g/mol. The molecule has 0 unspecified atom stereocenters. The number of fused-ring (bicyclic) bond motifs is 2. The van der Waals surface area contributed by atoms with Gasteiger partial charge in [-0.25, -0.2) is 14.4 Å². The molecule has 0 bridgehead atoms. The molecular formula is C22H18FN7O. The largest absolute Gasteiger partial charge is 0.493 e. The Labute approximate surface area is 176 Å². The van der Waals surface area contributed by atoms with E-state index in [9.17, 15) is 9.65 Å². The van der Waals surface area contributed by atoms with Crippen LogP contribution in [-0.2, 0) is 13.0 Å². The van der Waals surface area contributed by atoms with E-state index in [4.69, 9.17) is 4.74 Å². The minimum Gasteiger partial charge on any atom is -0.493 e. The van der Waals surface area contributed by atoms with E-state index in [0.29, 0.717) is 36.2 Å². The third kappa shape index (κ3) is 2.91. The maximum absolute atomic E-state index is 14.5. The van der Waals surface area contributed by atoms with E-state index >= 15 is 0 Å². The molecule has 1 aromatic carbocycles. The average molecular weight is 415 g/mol. The van der Waals surface area contributed by atoms with Gasteiger partial charge in [-0.3, -0.25) is 9.08 Å². The molecule has 2 aliphatic rings. The Bertz CT molecular complexity index is 1360. The van der Waals surface area contributed by atoms with Crippen LogP contribution in [0.25, 0.3) is 16.9 Å². The molecule has 6 rings (SSSR count). The Morgan fingerprint density at radius 2 is 2.19 bits per heavy atom. The van der Waals surface area contributed by atoms with Crippen LogP contribution in [0.1, 0.15) is 35.7 Å². The topological polar surface area (TPSA) is 93.1 Å². The van der Waals surface area contributed by atoms with Crippen LogP contribution in [-0.4, -0.2) is 30.8 Å². The standard InChI is InChI=1S/C22H18FN7O/c23-18-3-4-20-15(6-8-31-20)16(18)10-25-22-26-11-17(21-28-13(9-24)12-29(21)22)19-5-7-27-30(19)14-1-2-14/h3-5,7,11-12,14H,1-2,6,8,10H2,(H,25,26). The van der Waals surface area contributed by atoms with Crippen molar-refractivity contribution >= 4 is 11.6 Å². The lowest BCUT2D eigenvalue weighted by atomic mass is 10.0. The highest BCUT2D eigenvalue weighted by Gasteiger charge is 2.28. The van der Waals surface area contributed by atoms with Crippen molar-refractivity contribution in [1.29, 1.82) is 5.26 Å². The molecule has 3 aromatic heterocycles. The summed E-state index contributed by atoms with van der Waals surface area (Å²) >= 11 is 0. The minimum absolute atomic E-state index is 0.250. The molecule has 0 amide bonds. The first-order chi connectivity index (χ1) is 15.2. The molecule has 4 aromatic rings. The van der Waals surface area contributed by atoms with Crippen LogP contribution in [0.3, 0.4) is 0 Å². The first-order valence-electron chi connectivity index (χ1n) is 10.2. The molecule has 154 valence electrons. The number of aromatic nitrogens is 5. The number of anilines is 1. The molecule has 1 fully saturated rings. The van der Waals surface area contributed by atoms with Gasteiger partial charge in [-0.2, -0.15) is 10.4 Å². The number of rotatable bonds is 5. The van der Waals surface area contributed by atoms with Gasteiger partial charge in [-0.1, -0.05) is 0 Å². The number of ether oxygens (including phenoxy) is 1. The quantitative estimate of drug-likeness (QED) is 0.536. The van der Waals surface area contributed by atoms with E-state index in [0.717, 1.165) is 35.4 Å². The number of hydrogen-bond donors (Lipinski definition) is 1. The lowest BCUT2D eigenvalue weighted by molar-refractivity contribution is 0.356. The number of nitrogens with one attached hydrogen (secondary N) is 1. The lowest BCUT2D eigenvalue weighted by Gasteiger charge is -2.13. The van der Waals surface area contributed by atoms with Crippen LogP contribution in [0, 0.1) is 17.1 Å². The molecule has 1 N–H and O–H groups in total. The summed E-state index contributed by atoms with van der Waals surface area (Å²) in [7, 11) is 0. The van der Waals surface area contributed by atoms with Gasteiger partial charge in [0.2, 0.25) is 5.95 Å². The molecule has 8 nitrogen and oxygen atoms in total. The van der Waals surface area contributed by atoms with Crippen LogP contribution < -0.4 is 10.1 Å². The first kappa shape index (κ1) is 17.9. The van der Waals surface area contributed by atoms with E-state index in [1.165, 1.54) is 6.07 Å². The zero-order valence-corrected chi connectivity index (χ0v) is 16.5. The van der Waals surface area contributed by atoms with Gasteiger partial charge >= 0.3 is 0 Å². The van der Waals surface area contributed by atoms with Crippen molar-refractivity contribution in [3.05, 3.63) is 59.4 Å². The molecule has 0 spiro atoms. The Kier molecular flexibility index (Phi) is 3.93. The molecule has 1 aliphatic heterocycles. The van der Waals surface area contributed by atoms with Crippen molar-refractivity contribution in [1.82, 2.24) is 24.1 Å². The van der Waals surface area contributed by atoms with Crippen LogP contribution in [0.5, 0.6) is 5.75 Å². The summed E-state index contributed by atoms with van der Waals surface area (Å²) in [6.07, 6.45) is 8.03. The van der Waals surface area contributed by atoms with Crippen LogP contribution in [0.4, 0.5) is 10.3 Å². The molecule has 0 saturated heterocycles. The van der Waals surface area contributed by atoms with E-state index in [1.54, 1.807) is 29.1 Å². The van der Waals surface area contributed by atoms with Crippen LogP contribution >= 0.6 is 0 Å². The number of hydrogen-bond acceptors (Lipinski definition) is 6. The van der Waals surface area contributed by atoms with Crippen LogP contribution in [0.15, 0.2) is 36.8 Å². The normalized spacial score (nSPS) is 15.0. The second-order valence-corrected chi connectivity index (χ2v) is 7.77. The van der Waals surface area contributed by atoms with Gasteiger partial charge in [0, 0.05) is 36.5 Å². The Morgan fingerprint density at radius 1 is 1.29 bits per heavy atom. The maximum atomic E-state index is 14.5. The lowest BCUT2D eigenvalue weighted by Crippen LogP contribution is -2.10. The maximum Gasteiger partial charge on any atom is 0.208 e. The van der Waals surface area contributed by atoms with Gasteiger partial charge in [0.05, 0.1) is 30.1 Å². The minimum atomic E-state index is -0.277. The highest BCUT2D eigenvalue weighted by atomic mass is 19.1. The highest BCUT2D eigenvalue weighted by molar-refractivity contribution is 5.76. The fourth-order valence-electron chi connectivity index (χ4n) is 4.15. The fourth-order valence-corrected chi connectivity index (χ4v) is 4.15. The Morgan fingerprint density at radius 3 is 3.03 bits per heavy atom. The van der Waals surface area contributed by atoms with E-state index in [1.807, 2.05) is 10.7 Å². The number of nitrogens with zero attached hydrogens (tertiary/aromatic N) is 6. The molecule has 0 radical (unpaired) electrons. The SMILES string of the molecule is N#Cc1cn2c(NCc3c(F)ccc4c3CCO4)ncc(-c3ccnn3C3CC3)c2n1. The predicted octanol–water partition coefficient (Wildman–Crippen LogP) is 3.49.